The van der Waals surface area contributed by atoms with Crippen LogP contribution >= 0.6 is 11.3 Å². The highest BCUT2D eigenvalue weighted by Gasteiger charge is 2.33. The number of carbonyl (C=O) groups is 2. The van der Waals surface area contributed by atoms with Crippen molar-refractivity contribution >= 4 is 23.2 Å². The van der Waals surface area contributed by atoms with Gasteiger partial charge in [-0.1, -0.05) is 43.5 Å². The summed E-state index contributed by atoms with van der Waals surface area (Å²) in [5.74, 6) is 1.81. The van der Waals surface area contributed by atoms with Crippen molar-refractivity contribution in [1.29, 1.82) is 0 Å². The van der Waals surface area contributed by atoms with Crippen LogP contribution in [0.2, 0.25) is 0 Å². The van der Waals surface area contributed by atoms with E-state index < -0.39 is 6.04 Å². The van der Waals surface area contributed by atoms with Gasteiger partial charge < -0.3 is 24.4 Å². The van der Waals surface area contributed by atoms with Gasteiger partial charge in [0, 0.05) is 17.5 Å². The van der Waals surface area contributed by atoms with E-state index >= 15 is 0 Å². The Morgan fingerprint density at radius 1 is 1.05 bits per heavy atom. The third kappa shape index (κ3) is 6.30. The van der Waals surface area contributed by atoms with Crippen LogP contribution in [0.15, 0.2) is 60.0 Å². The molecule has 2 heterocycles. The molecule has 2 amide bonds. The second kappa shape index (κ2) is 12.3. The highest BCUT2D eigenvalue weighted by Crippen LogP contribution is 2.34. The normalized spacial score (nSPS) is 15.6. The van der Waals surface area contributed by atoms with E-state index in [9.17, 15) is 9.59 Å². The van der Waals surface area contributed by atoms with Crippen LogP contribution in [0.1, 0.15) is 61.1 Å². The Balaban J connectivity index is 1.49. The van der Waals surface area contributed by atoms with E-state index in [0.717, 1.165) is 47.4 Å². The van der Waals surface area contributed by atoms with Crippen molar-refractivity contribution in [1.82, 2.24) is 10.2 Å². The van der Waals surface area contributed by atoms with Crippen molar-refractivity contribution < 1.29 is 23.8 Å². The van der Waals surface area contributed by atoms with Crippen LogP contribution in [-0.4, -0.2) is 36.2 Å². The van der Waals surface area contributed by atoms with Gasteiger partial charge in [-0.25, -0.2) is 0 Å². The molecule has 38 heavy (non-hydrogen) atoms. The van der Waals surface area contributed by atoms with E-state index in [-0.39, 0.29) is 37.6 Å². The van der Waals surface area contributed by atoms with Crippen molar-refractivity contribution in [2.45, 2.75) is 64.1 Å². The van der Waals surface area contributed by atoms with Crippen molar-refractivity contribution in [3.63, 3.8) is 0 Å². The smallest absolute Gasteiger partial charge is 0.247 e. The number of nitrogens with zero attached hydrogens (tertiary/aromatic N) is 1. The zero-order valence-corrected chi connectivity index (χ0v) is 22.5. The molecular formula is C30H34N2O5S. The summed E-state index contributed by atoms with van der Waals surface area (Å²) >= 11 is 1.54. The molecule has 0 radical (unpaired) electrons. The first-order valence-corrected chi connectivity index (χ1v) is 14.2. The minimum Gasteiger partial charge on any atom is -0.494 e. The van der Waals surface area contributed by atoms with Crippen molar-refractivity contribution in [2.75, 3.05) is 13.4 Å². The maximum Gasteiger partial charge on any atom is 0.247 e. The van der Waals surface area contributed by atoms with E-state index in [0.29, 0.717) is 18.1 Å². The van der Waals surface area contributed by atoms with Crippen molar-refractivity contribution in [3.8, 4) is 17.2 Å². The van der Waals surface area contributed by atoms with Crippen LogP contribution in [0.4, 0.5) is 0 Å². The van der Waals surface area contributed by atoms with Gasteiger partial charge in [0.25, 0.3) is 0 Å². The van der Waals surface area contributed by atoms with Gasteiger partial charge in [0.2, 0.25) is 18.6 Å². The summed E-state index contributed by atoms with van der Waals surface area (Å²) in [6.45, 7) is 2.93. The lowest BCUT2D eigenvalue weighted by Gasteiger charge is -2.33. The molecule has 200 valence electrons. The van der Waals surface area contributed by atoms with Crippen LogP contribution in [0, 0.1) is 0 Å². The number of hydrogen-bond acceptors (Lipinski definition) is 6. The van der Waals surface area contributed by atoms with E-state index in [1.165, 1.54) is 6.42 Å². The zero-order valence-electron chi connectivity index (χ0n) is 21.7. The van der Waals surface area contributed by atoms with E-state index in [4.69, 9.17) is 14.2 Å². The minimum absolute atomic E-state index is 0.109. The van der Waals surface area contributed by atoms with E-state index in [1.54, 1.807) is 16.2 Å². The number of fused-ring (bicyclic) bond motifs is 1. The molecule has 7 nitrogen and oxygen atoms in total. The number of ether oxygens (including phenoxy) is 3. The first kappa shape index (κ1) is 26.1. The van der Waals surface area contributed by atoms with Crippen molar-refractivity contribution in [3.05, 3.63) is 76.0 Å². The summed E-state index contributed by atoms with van der Waals surface area (Å²) in [6.07, 6.45) is 5.57. The lowest BCUT2D eigenvalue weighted by atomic mass is 9.94. The molecule has 1 N–H and O–H groups in total. The number of thiophene rings is 1. The molecule has 1 aliphatic heterocycles. The Labute approximate surface area is 227 Å². The molecular weight excluding hydrogens is 500 g/mol. The average molecular weight is 535 g/mol. The van der Waals surface area contributed by atoms with Crippen LogP contribution in [-0.2, 0) is 22.6 Å². The summed E-state index contributed by atoms with van der Waals surface area (Å²) in [7, 11) is 0. The third-order valence-electron chi connectivity index (χ3n) is 7.03. The molecule has 2 aliphatic rings. The van der Waals surface area contributed by atoms with Crippen LogP contribution in [0.5, 0.6) is 17.2 Å². The summed E-state index contributed by atoms with van der Waals surface area (Å²) in [4.78, 5) is 30.5. The molecule has 2 aromatic carbocycles. The number of hydrogen-bond donors (Lipinski definition) is 1. The standard InChI is InChI=1S/C30H34N2O5S/c1-2-35-24-13-11-22(12-14-24)29(30(34)31-23-7-4-3-5-8-23)32(28(33)18-25-9-6-16-38-25)19-21-10-15-26-27(17-21)37-20-36-26/h6,9-17,23,29H,2-5,7-8,18-20H2,1H3,(H,31,34). The molecule has 1 aromatic heterocycles. The number of nitrogens with one attached hydrogen (secondary N) is 1. The molecule has 5 rings (SSSR count). The average Bonchev–Trinajstić information content (AvgIpc) is 3.62. The SMILES string of the molecule is CCOc1ccc(C(C(=O)NC2CCCCC2)N(Cc2ccc3c(c2)OCO3)C(=O)Cc2cccs2)cc1. The molecule has 3 aromatic rings. The largest absolute Gasteiger partial charge is 0.494 e. The summed E-state index contributed by atoms with van der Waals surface area (Å²) < 4.78 is 16.7. The summed E-state index contributed by atoms with van der Waals surface area (Å²) in [6, 6.07) is 16.4. The van der Waals surface area contributed by atoms with E-state index in [2.05, 4.69) is 5.32 Å². The highest BCUT2D eigenvalue weighted by atomic mass is 32.1. The van der Waals surface area contributed by atoms with Gasteiger partial charge in [0.05, 0.1) is 13.0 Å². The predicted octanol–water partition coefficient (Wildman–Crippen LogP) is 5.64. The molecule has 8 heteroatoms. The van der Waals surface area contributed by atoms with Crippen molar-refractivity contribution in [2.24, 2.45) is 0 Å². The Morgan fingerprint density at radius 2 is 1.84 bits per heavy atom. The minimum atomic E-state index is -0.787. The second-order valence-corrected chi connectivity index (χ2v) is 10.7. The highest BCUT2D eigenvalue weighted by molar-refractivity contribution is 7.10. The molecule has 0 saturated heterocycles. The lowest BCUT2D eigenvalue weighted by molar-refractivity contribution is -0.141. The van der Waals surface area contributed by atoms with Gasteiger partial charge in [0.15, 0.2) is 11.5 Å². The Kier molecular flexibility index (Phi) is 8.48. The van der Waals surface area contributed by atoms with Gasteiger partial charge in [-0.2, -0.15) is 0 Å². The summed E-state index contributed by atoms with van der Waals surface area (Å²) in [5, 5.41) is 5.24. The Bertz CT molecular complexity index is 1220. The molecule has 1 saturated carbocycles. The fourth-order valence-corrected chi connectivity index (χ4v) is 5.83. The maximum atomic E-state index is 14.0. The van der Waals surface area contributed by atoms with Gasteiger partial charge >= 0.3 is 0 Å². The monoisotopic (exact) mass is 534 g/mol. The fourth-order valence-electron chi connectivity index (χ4n) is 5.14. The number of rotatable bonds is 10. The first-order valence-electron chi connectivity index (χ1n) is 13.3. The lowest BCUT2D eigenvalue weighted by Crippen LogP contribution is -2.47. The number of benzene rings is 2. The number of amides is 2. The topological polar surface area (TPSA) is 77.1 Å². The molecule has 0 spiro atoms. The van der Waals surface area contributed by atoms with E-state index in [1.807, 2.05) is 66.9 Å². The second-order valence-electron chi connectivity index (χ2n) is 9.71. The predicted molar refractivity (Wildman–Crippen MR) is 147 cm³/mol. The Morgan fingerprint density at radius 3 is 2.58 bits per heavy atom. The molecule has 1 unspecified atom stereocenters. The maximum absolute atomic E-state index is 14.0. The number of carbonyl (C=O) groups excluding carboxylic acids is 2. The van der Waals surface area contributed by atoms with Crippen LogP contribution in [0.25, 0.3) is 0 Å². The quantitative estimate of drug-likeness (QED) is 0.364. The zero-order chi connectivity index (χ0) is 26.3. The van der Waals surface area contributed by atoms with Gasteiger partial charge in [-0.05, 0) is 66.6 Å². The molecule has 1 fully saturated rings. The van der Waals surface area contributed by atoms with Gasteiger partial charge in [0.1, 0.15) is 11.8 Å². The third-order valence-corrected chi connectivity index (χ3v) is 7.91. The van der Waals surface area contributed by atoms with Gasteiger partial charge in [-0.3, -0.25) is 9.59 Å². The first-order chi connectivity index (χ1) is 18.6. The van der Waals surface area contributed by atoms with Gasteiger partial charge in [-0.15, -0.1) is 11.3 Å². The summed E-state index contributed by atoms with van der Waals surface area (Å²) in [5.41, 5.74) is 1.62. The molecule has 0 bridgehead atoms. The molecule has 1 aliphatic carbocycles. The fraction of sp³-hybridized carbons (Fsp3) is 0.400. The Hall–Kier alpha value is -3.52. The van der Waals surface area contributed by atoms with Crippen LogP contribution in [0.3, 0.4) is 0 Å². The van der Waals surface area contributed by atoms with Crippen LogP contribution < -0.4 is 19.5 Å². The molecule has 1 atom stereocenters.